The number of nitrogens with two attached hydrogens (primary N) is 1. The van der Waals surface area contributed by atoms with E-state index in [1.807, 2.05) is 24.3 Å². The third-order valence-electron chi connectivity index (χ3n) is 3.24. The Morgan fingerprint density at radius 2 is 1.68 bits per heavy atom. The molecule has 2 aromatic carbocycles. The van der Waals surface area contributed by atoms with Crippen molar-refractivity contribution in [3.05, 3.63) is 59.7 Å². The van der Waals surface area contributed by atoms with Gasteiger partial charge in [0, 0.05) is 12.6 Å². The number of aliphatic hydroxyl groups is 1. The second-order valence-corrected chi connectivity index (χ2v) is 4.56. The minimum absolute atomic E-state index is 0. The molecule has 0 aromatic heterocycles. The zero-order valence-electron chi connectivity index (χ0n) is 11.0. The highest BCUT2D eigenvalue weighted by atomic mass is 35.5. The van der Waals surface area contributed by atoms with Gasteiger partial charge in [-0.15, -0.1) is 12.4 Å². The molecule has 3 heteroatoms. The number of halogens is 1. The highest BCUT2D eigenvalue weighted by Gasteiger charge is 2.06. The molecular weight excluding hydrogens is 258 g/mol. The highest BCUT2D eigenvalue weighted by molar-refractivity contribution is 5.85. The maximum absolute atomic E-state index is 8.89. The van der Waals surface area contributed by atoms with Crippen molar-refractivity contribution in [1.29, 1.82) is 0 Å². The van der Waals surface area contributed by atoms with E-state index in [0.29, 0.717) is 6.42 Å². The average molecular weight is 278 g/mol. The van der Waals surface area contributed by atoms with Crippen LogP contribution in [0.2, 0.25) is 0 Å². The third-order valence-corrected chi connectivity index (χ3v) is 3.24. The van der Waals surface area contributed by atoms with Gasteiger partial charge in [0.05, 0.1) is 0 Å². The molecule has 19 heavy (non-hydrogen) atoms. The maximum Gasteiger partial charge on any atom is 0.0449 e. The highest BCUT2D eigenvalue weighted by Crippen LogP contribution is 2.24. The summed E-state index contributed by atoms with van der Waals surface area (Å²) < 4.78 is 0. The van der Waals surface area contributed by atoms with Crippen LogP contribution in [-0.2, 0) is 0 Å². The lowest BCUT2D eigenvalue weighted by molar-refractivity contribution is 0.276. The predicted octanol–water partition coefficient (Wildman–Crippen LogP) is 3.47. The lowest BCUT2D eigenvalue weighted by atomic mass is 9.97. The van der Waals surface area contributed by atoms with E-state index in [4.69, 9.17) is 10.8 Å². The number of rotatable bonds is 4. The van der Waals surface area contributed by atoms with Gasteiger partial charge in [-0.05, 0) is 35.6 Å². The van der Waals surface area contributed by atoms with E-state index in [-0.39, 0.29) is 25.1 Å². The molecule has 0 fully saturated rings. The lowest BCUT2D eigenvalue weighted by Gasteiger charge is -2.12. The van der Waals surface area contributed by atoms with E-state index < -0.39 is 0 Å². The monoisotopic (exact) mass is 277 g/mol. The Morgan fingerprint density at radius 3 is 2.26 bits per heavy atom. The summed E-state index contributed by atoms with van der Waals surface area (Å²) in [7, 11) is 0. The first-order valence-corrected chi connectivity index (χ1v) is 6.25. The topological polar surface area (TPSA) is 46.2 Å². The van der Waals surface area contributed by atoms with Crippen molar-refractivity contribution in [2.24, 2.45) is 5.73 Å². The van der Waals surface area contributed by atoms with Crippen LogP contribution in [0.15, 0.2) is 48.5 Å². The molecule has 1 unspecified atom stereocenters. The molecule has 102 valence electrons. The molecule has 0 amide bonds. The van der Waals surface area contributed by atoms with Crippen molar-refractivity contribution in [3.8, 4) is 11.1 Å². The van der Waals surface area contributed by atoms with Crippen molar-refractivity contribution in [2.45, 2.75) is 19.4 Å². The van der Waals surface area contributed by atoms with E-state index in [2.05, 4.69) is 31.2 Å². The van der Waals surface area contributed by atoms with Gasteiger partial charge in [-0.25, -0.2) is 0 Å². The van der Waals surface area contributed by atoms with Crippen molar-refractivity contribution in [3.63, 3.8) is 0 Å². The van der Waals surface area contributed by atoms with Gasteiger partial charge in [0.1, 0.15) is 0 Å². The smallest absolute Gasteiger partial charge is 0.0449 e. The molecule has 1 atom stereocenters. The van der Waals surface area contributed by atoms with Crippen LogP contribution in [0, 0.1) is 6.92 Å². The molecule has 0 aliphatic heterocycles. The Balaban J connectivity index is 0.00000180. The van der Waals surface area contributed by atoms with Crippen LogP contribution in [0.1, 0.15) is 23.6 Å². The molecule has 0 heterocycles. The van der Waals surface area contributed by atoms with Crippen LogP contribution in [0.4, 0.5) is 0 Å². The van der Waals surface area contributed by atoms with Crippen LogP contribution >= 0.6 is 12.4 Å². The van der Waals surface area contributed by atoms with Gasteiger partial charge in [0.25, 0.3) is 0 Å². The Kier molecular flexibility index (Phi) is 6.03. The van der Waals surface area contributed by atoms with E-state index in [1.54, 1.807) is 0 Å². The standard InChI is InChI=1S/C16H19NO.ClH/c1-12-4-2-3-5-15(12)13-6-8-14(9-7-13)16(17)10-11-18;/h2-9,16,18H,10-11,17H2,1H3;1H. The number of aliphatic hydroxyl groups excluding tert-OH is 1. The van der Waals surface area contributed by atoms with E-state index in [0.717, 1.165) is 5.56 Å². The molecule has 0 radical (unpaired) electrons. The summed E-state index contributed by atoms with van der Waals surface area (Å²) in [5.74, 6) is 0. The Morgan fingerprint density at radius 1 is 1.05 bits per heavy atom. The largest absolute Gasteiger partial charge is 0.396 e. The van der Waals surface area contributed by atoms with Crippen LogP contribution < -0.4 is 5.73 Å². The Hall–Kier alpha value is -1.35. The first-order valence-electron chi connectivity index (χ1n) is 6.25. The van der Waals surface area contributed by atoms with Gasteiger partial charge in [-0.3, -0.25) is 0 Å². The molecule has 2 rings (SSSR count). The van der Waals surface area contributed by atoms with E-state index >= 15 is 0 Å². The molecule has 0 aliphatic carbocycles. The number of aryl methyl sites for hydroxylation is 1. The van der Waals surface area contributed by atoms with Crippen LogP contribution in [0.25, 0.3) is 11.1 Å². The molecular formula is C16H20ClNO. The molecule has 0 spiro atoms. The van der Waals surface area contributed by atoms with Gasteiger partial charge < -0.3 is 10.8 Å². The second kappa shape index (κ2) is 7.29. The average Bonchev–Trinajstić information content (AvgIpc) is 2.40. The minimum Gasteiger partial charge on any atom is -0.396 e. The number of benzene rings is 2. The summed E-state index contributed by atoms with van der Waals surface area (Å²) in [6, 6.07) is 16.5. The fourth-order valence-electron chi connectivity index (χ4n) is 2.11. The normalized spacial score (nSPS) is 11.7. The fraction of sp³-hybridized carbons (Fsp3) is 0.250. The van der Waals surface area contributed by atoms with Gasteiger partial charge in [-0.1, -0.05) is 48.5 Å². The maximum atomic E-state index is 8.89. The van der Waals surface area contributed by atoms with Gasteiger partial charge in [0.2, 0.25) is 0 Å². The minimum atomic E-state index is -0.0825. The van der Waals surface area contributed by atoms with Crippen molar-refractivity contribution in [2.75, 3.05) is 6.61 Å². The predicted molar refractivity (Wildman–Crippen MR) is 82.5 cm³/mol. The molecule has 2 nitrogen and oxygen atoms in total. The summed E-state index contributed by atoms with van der Waals surface area (Å²) in [6.07, 6.45) is 0.601. The summed E-state index contributed by atoms with van der Waals surface area (Å²) in [5.41, 5.74) is 10.8. The number of hydrogen-bond donors (Lipinski definition) is 2. The lowest BCUT2D eigenvalue weighted by Crippen LogP contribution is -2.11. The van der Waals surface area contributed by atoms with Gasteiger partial charge in [-0.2, -0.15) is 0 Å². The Labute approximate surface area is 120 Å². The van der Waals surface area contributed by atoms with Gasteiger partial charge in [0.15, 0.2) is 0 Å². The SMILES string of the molecule is Cc1ccccc1-c1ccc(C(N)CCO)cc1.Cl. The Bertz CT molecular complexity index is 510. The zero-order chi connectivity index (χ0) is 13.0. The van der Waals surface area contributed by atoms with E-state index in [9.17, 15) is 0 Å². The molecule has 3 N–H and O–H groups in total. The first kappa shape index (κ1) is 15.7. The van der Waals surface area contributed by atoms with Crippen molar-refractivity contribution in [1.82, 2.24) is 0 Å². The summed E-state index contributed by atoms with van der Waals surface area (Å²) in [4.78, 5) is 0. The van der Waals surface area contributed by atoms with E-state index in [1.165, 1.54) is 16.7 Å². The first-order chi connectivity index (χ1) is 8.72. The molecule has 0 bridgehead atoms. The fourth-order valence-corrected chi connectivity index (χ4v) is 2.11. The van der Waals surface area contributed by atoms with Crippen LogP contribution in [0.5, 0.6) is 0 Å². The van der Waals surface area contributed by atoms with Crippen molar-refractivity contribution < 1.29 is 5.11 Å². The second-order valence-electron chi connectivity index (χ2n) is 4.56. The summed E-state index contributed by atoms with van der Waals surface area (Å²) in [5, 5.41) is 8.89. The molecule has 0 saturated heterocycles. The van der Waals surface area contributed by atoms with Gasteiger partial charge >= 0.3 is 0 Å². The molecule has 0 aliphatic rings. The van der Waals surface area contributed by atoms with Crippen molar-refractivity contribution >= 4 is 12.4 Å². The number of hydrogen-bond acceptors (Lipinski definition) is 2. The quantitative estimate of drug-likeness (QED) is 0.899. The summed E-state index contributed by atoms with van der Waals surface area (Å²) >= 11 is 0. The third kappa shape index (κ3) is 3.80. The zero-order valence-corrected chi connectivity index (χ0v) is 11.9. The molecule has 2 aromatic rings. The van der Waals surface area contributed by atoms with Crippen LogP contribution in [0.3, 0.4) is 0 Å². The summed E-state index contributed by atoms with van der Waals surface area (Å²) in [6.45, 7) is 2.24. The van der Waals surface area contributed by atoms with Crippen LogP contribution in [-0.4, -0.2) is 11.7 Å². The molecule has 0 saturated carbocycles.